The third-order valence-electron chi connectivity index (χ3n) is 3.48. The predicted molar refractivity (Wildman–Crippen MR) is 76.1 cm³/mol. The highest BCUT2D eigenvalue weighted by Gasteiger charge is 2.19. The quantitative estimate of drug-likeness (QED) is 0.786. The third-order valence-corrected chi connectivity index (χ3v) is 3.48. The molecule has 0 bridgehead atoms. The predicted octanol–water partition coefficient (Wildman–Crippen LogP) is 2.50. The van der Waals surface area contributed by atoms with Crippen molar-refractivity contribution < 1.29 is 4.74 Å². The fourth-order valence-corrected chi connectivity index (χ4v) is 2.43. The van der Waals surface area contributed by atoms with Gasteiger partial charge in [0.1, 0.15) is 0 Å². The monoisotopic (exact) mass is 248 g/mol. The third kappa shape index (κ3) is 3.03. The van der Waals surface area contributed by atoms with Gasteiger partial charge in [0.2, 0.25) is 0 Å². The fourth-order valence-electron chi connectivity index (χ4n) is 2.43. The minimum absolute atomic E-state index is 0.122. The van der Waals surface area contributed by atoms with Crippen molar-refractivity contribution in [2.45, 2.75) is 32.7 Å². The highest BCUT2D eigenvalue weighted by molar-refractivity contribution is 5.59. The molecule has 2 rings (SSSR count). The van der Waals surface area contributed by atoms with Gasteiger partial charge in [-0.25, -0.2) is 0 Å². The van der Waals surface area contributed by atoms with Gasteiger partial charge in [0.25, 0.3) is 0 Å². The summed E-state index contributed by atoms with van der Waals surface area (Å²) in [5.41, 5.74) is 9.95. The van der Waals surface area contributed by atoms with Crippen LogP contribution in [-0.4, -0.2) is 26.3 Å². The van der Waals surface area contributed by atoms with Gasteiger partial charge in [0.15, 0.2) is 0 Å². The van der Waals surface area contributed by atoms with Crippen molar-refractivity contribution in [1.82, 2.24) is 0 Å². The van der Waals surface area contributed by atoms with Gasteiger partial charge < -0.3 is 15.4 Å². The first kappa shape index (κ1) is 13.4. The molecule has 3 heteroatoms. The molecule has 1 heterocycles. The summed E-state index contributed by atoms with van der Waals surface area (Å²) in [6.45, 7) is 7.96. The van der Waals surface area contributed by atoms with Crippen LogP contribution in [-0.2, 0) is 11.2 Å². The van der Waals surface area contributed by atoms with E-state index >= 15 is 0 Å². The highest BCUT2D eigenvalue weighted by atomic mass is 16.5. The highest BCUT2D eigenvalue weighted by Crippen LogP contribution is 2.29. The molecule has 1 aliphatic rings. The number of ether oxygens (including phenoxy) is 1. The number of benzene rings is 1. The van der Waals surface area contributed by atoms with Crippen LogP contribution in [0.1, 0.15) is 37.4 Å². The molecule has 1 aliphatic heterocycles. The number of rotatable bonds is 6. The summed E-state index contributed by atoms with van der Waals surface area (Å²) in [5, 5.41) is 0. The van der Waals surface area contributed by atoms with Crippen molar-refractivity contribution in [3.05, 3.63) is 29.3 Å². The first-order chi connectivity index (χ1) is 8.72. The zero-order chi connectivity index (χ0) is 13.0. The van der Waals surface area contributed by atoms with Gasteiger partial charge in [-0.3, -0.25) is 0 Å². The van der Waals surface area contributed by atoms with Crippen LogP contribution in [0.3, 0.4) is 0 Å². The maximum atomic E-state index is 5.92. The molecular formula is C15H24N2O. The van der Waals surface area contributed by atoms with Crippen LogP contribution in [0.5, 0.6) is 0 Å². The van der Waals surface area contributed by atoms with Gasteiger partial charge in [-0.1, -0.05) is 19.1 Å². The Morgan fingerprint density at radius 3 is 2.94 bits per heavy atom. The molecule has 1 unspecified atom stereocenters. The van der Waals surface area contributed by atoms with Gasteiger partial charge >= 0.3 is 0 Å². The molecule has 0 radical (unpaired) electrons. The smallest absolute Gasteiger partial charge is 0.0641 e. The van der Waals surface area contributed by atoms with Crippen molar-refractivity contribution in [3.63, 3.8) is 0 Å². The molecule has 0 aromatic heterocycles. The van der Waals surface area contributed by atoms with Crippen molar-refractivity contribution >= 4 is 5.69 Å². The molecule has 1 aromatic carbocycles. The molecule has 0 saturated heterocycles. The van der Waals surface area contributed by atoms with Crippen molar-refractivity contribution in [1.29, 1.82) is 0 Å². The van der Waals surface area contributed by atoms with Gasteiger partial charge in [-0.2, -0.15) is 0 Å². The molecule has 2 N–H and O–H groups in total. The number of hydrogen-bond donors (Lipinski definition) is 1. The van der Waals surface area contributed by atoms with Crippen molar-refractivity contribution in [3.8, 4) is 0 Å². The lowest BCUT2D eigenvalue weighted by atomic mass is 10.0. The molecule has 0 aliphatic carbocycles. The second-order valence-corrected chi connectivity index (χ2v) is 5.03. The van der Waals surface area contributed by atoms with Gasteiger partial charge in [-0.05, 0) is 37.0 Å². The summed E-state index contributed by atoms with van der Waals surface area (Å²) < 4.78 is 5.56. The number of fused-ring (bicyclic) bond motifs is 1. The lowest BCUT2D eigenvalue weighted by Crippen LogP contribution is -2.25. The standard InChI is InChI=1S/C15H24N2O/c1-3-9-18-10-8-17-7-6-14-11-13(12(2)16)4-5-15(14)17/h4-5,11-12H,3,6-10,16H2,1-2H3. The molecule has 0 spiro atoms. The van der Waals surface area contributed by atoms with Crippen LogP contribution >= 0.6 is 0 Å². The van der Waals surface area contributed by atoms with Crippen molar-refractivity contribution in [2.75, 3.05) is 31.2 Å². The summed E-state index contributed by atoms with van der Waals surface area (Å²) >= 11 is 0. The van der Waals surface area contributed by atoms with Crippen LogP contribution in [0.4, 0.5) is 5.69 Å². The van der Waals surface area contributed by atoms with E-state index in [9.17, 15) is 0 Å². The molecule has 1 atom stereocenters. The average molecular weight is 248 g/mol. The molecule has 3 nitrogen and oxygen atoms in total. The number of nitrogens with two attached hydrogens (primary N) is 1. The van der Waals surface area contributed by atoms with E-state index in [1.165, 1.54) is 16.8 Å². The zero-order valence-electron chi connectivity index (χ0n) is 11.5. The van der Waals surface area contributed by atoms with E-state index in [0.29, 0.717) is 0 Å². The fraction of sp³-hybridized carbons (Fsp3) is 0.600. The van der Waals surface area contributed by atoms with Gasteiger partial charge in [0, 0.05) is 31.4 Å². The summed E-state index contributed by atoms with van der Waals surface area (Å²) in [4.78, 5) is 2.41. The molecule has 18 heavy (non-hydrogen) atoms. The van der Waals surface area contributed by atoms with E-state index in [2.05, 4.69) is 30.0 Å². The summed E-state index contributed by atoms with van der Waals surface area (Å²) in [6, 6.07) is 6.74. The Morgan fingerprint density at radius 2 is 2.22 bits per heavy atom. The molecule has 1 aromatic rings. The van der Waals surface area contributed by atoms with Gasteiger partial charge in [0.05, 0.1) is 6.61 Å². The average Bonchev–Trinajstić information content (AvgIpc) is 2.77. The Labute approximate surface area is 110 Å². The Bertz CT molecular complexity index is 390. The van der Waals surface area contributed by atoms with Crippen LogP contribution in [0, 0.1) is 0 Å². The first-order valence-electron chi connectivity index (χ1n) is 6.93. The second kappa shape index (κ2) is 6.21. The number of nitrogens with zero attached hydrogens (tertiary/aromatic N) is 1. The molecular weight excluding hydrogens is 224 g/mol. The van der Waals surface area contributed by atoms with Crippen LogP contribution in [0.2, 0.25) is 0 Å². The topological polar surface area (TPSA) is 38.5 Å². The van der Waals surface area contributed by atoms with E-state index in [1.54, 1.807) is 0 Å². The number of anilines is 1. The minimum atomic E-state index is 0.122. The Balaban J connectivity index is 1.96. The van der Waals surface area contributed by atoms with E-state index < -0.39 is 0 Å². The second-order valence-electron chi connectivity index (χ2n) is 5.03. The SMILES string of the molecule is CCCOCCN1CCc2cc(C(C)N)ccc21. The van der Waals surface area contributed by atoms with E-state index in [1.807, 2.05) is 6.92 Å². The lowest BCUT2D eigenvalue weighted by Gasteiger charge is -2.19. The minimum Gasteiger partial charge on any atom is -0.380 e. The maximum absolute atomic E-state index is 5.92. The van der Waals surface area contributed by atoms with Crippen molar-refractivity contribution in [2.24, 2.45) is 5.73 Å². The van der Waals surface area contributed by atoms with Crippen LogP contribution in [0.25, 0.3) is 0 Å². The van der Waals surface area contributed by atoms with E-state index in [-0.39, 0.29) is 6.04 Å². The molecule has 0 saturated carbocycles. The Morgan fingerprint density at radius 1 is 1.39 bits per heavy atom. The first-order valence-corrected chi connectivity index (χ1v) is 6.93. The Kier molecular flexibility index (Phi) is 4.61. The largest absolute Gasteiger partial charge is 0.380 e. The van der Waals surface area contributed by atoms with E-state index in [0.717, 1.165) is 39.1 Å². The number of hydrogen-bond acceptors (Lipinski definition) is 3. The van der Waals surface area contributed by atoms with Crippen LogP contribution < -0.4 is 10.6 Å². The van der Waals surface area contributed by atoms with Crippen LogP contribution in [0.15, 0.2) is 18.2 Å². The zero-order valence-corrected chi connectivity index (χ0v) is 11.5. The summed E-state index contributed by atoms with van der Waals surface area (Å²) in [5.74, 6) is 0. The summed E-state index contributed by atoms with van der Waals surface area (Å²) in [6.07, 6.45) is 2.22. The lowest BCUT2D eigenvalue weighted by molar-refractivity contribution is 0.141. The van der Waals surface area contributed by atoms with Gasteiger partial charge in [-0.15, -0.1) is 0 Å². The molecule has 0 amide bonds. The molecule has 100 valence electrons. The maximum Gasteiger partial charge on any atom is 0.0641 e. The summed E-state index contributed by atoms with van der Waals surface area (Å²) in [7, 11) is 0. The molecule has 0 fully saturated rings. The Hall–Kier alpha value is -1.06. The van der Waals surface area contributed by atoms with E-state index in [4.69, 9.17) is 10.5 Å². The normalized spacial score (nSPS) is 15.8.